The van der Waals surface area contributed by atoms with E-state index in [0.717, 1.165) is 11.1 Å². The maximum Gasteiger partial charge on any atom is 0.344 e. The van der Waals surface area contributed by atoms with Gasteiger partial charge < -0.3 is 14.8 Å². The number of hydrazone groups is 1. The maximum absolute atomic E-state index is 12.0. The van der Waals surface area contributed by atoms with Crippen molar-refractivity contribution in [3.05, 3.63) is 59.2 Å². The van der Waals surface area contributed by atoms with Gasteiger partial charge in [-0.05, 0) is 73.9 Å². The van der Waals surface area contributed by atoms with Crippen molar-refractivity contribution in [3.63, 3.8) is 0 Å². The summed E-state index contributed by atoms with van der Waals surface area (Å²) < 4.78 is 10.1. The molecule has 0 radical (unpaired) electrons. The Balaban J connectivity index is 1.76. The number of esters is 1. The second-order valence-corrected chi connectivity index (χ2v) is 6.48. The third-order valence-electron chi connectivity index (χ3n) is 4.06. The molecule has 0 unspecified atom stereocenters. The molecule has 30 heavy (non-hydrogen) atoms. The quantitative estimate of drug-likeness (QED) is 0.286. The predicted octanol–water partition coefficient (Wildman–Crippen LogP) is 2.72. The van der Waals surface area contributed by atoms with Gasteiger partial charge in [0.1, 0.15) is 12.2 Å². The Morgan fingerprint density at radius 1 is 1.00 bits per heavy atom. The van der Waals surface area contributed by atoms with E-state index < -0.39 is 17.8 Å². The van der Waals surface area contributed by atoms with Gasteiger partial charge in [0, 0.05) is 5.69 Å². The highest BCUT2D eigenvalue weighted by Crippen LogP contribution is 2.14. The van der Waals surface area contributed by atoms with Crippen LogP contribution in [0.4, 0.5) is 5.69 Å². The van der Waals surface area contributed by atoms with Gasteiger partial charge in [-0.2, -0.15) is 5.10 Å². The first-order chi connectivity index (χ1) is 14.4. The van der Waals surface area contributed by atoms with Crippen LogP contribution in [0.5, 0.6) is 5.75 Å². The topological polar surface area (TPSA) is 106 Å². The number of nitrogens with one attached hydrogen (secondary N) is 2. The summed E-state index contributed by atoms with van der Waals surface area (Å²) in [7, 11) is 0. The molecule has 2 amide bonds. The molecule has 0 aliphatic carbocycles. The van der Waals surface area contributed by atoms with E-state index in [0.29, 0.717) is 23.6 Å². The molecule has 2 aromatic carbocycles. The minimum absolute atomic E-state index is 0.165. The molecule has 0 spiro atoms. The fourth-order valence-corrected chi connectivity index (χ4v) is 2.38. The minimum atomic E-state index is -0.526. The van der Waals surface area contributed by atoms with Crippen LogP contribution >= 0.6 is 0 Å². The van der Waals surface area contributed by atoms with E-state index in [4.69, 9.17) is 9.47 Å². The van der Waals surface area contributed by atoms with Crippen molar-refractivity contribution in [1.82, 2.24) is 5.43 Å². The van der Waals surface area contributed by atoms with Crippen LogP contribution in [0.1, 0.15) is 30.0 Å². The van der Waals surface area contributed by atoms with Crippen LogP contribution in [0, 0.1) is 13.8 Å². The van der Waals surface area contributed by atoms with Gasteiger partial charge in [0.05, 0.1) is 12.8 Å². The highest BCUT2D eigenvalue weighted by atomic mass is 16.6. The van der Waals surface area contributed by atoms with Crippen LogP contribution in [-0.4, -0.2) is 37.2 Å². The number of rotatable bonds is 9. The SMILES string of the molecule is CCOC(=O)COc1ccc(C=NNC(=O)CC(=O)Nc2ccc(C)c(C)c2)cc1. The molecule has 158 valence electrons. The summed E-state index contributed by atoms with van der Waals surface area (Å²) in [5.41, 5.74) is 5.84. The Bertz CT molecular complexity index is 923. The van der Waals surface area contributed by atoms with Gasteiger partial charge in [-0.3, -0.25) is 9.59 Å². The highest BCUT2D eigenvalue weighted by Gasteiger charge is 2.09. The second kappa shape index (κ2) is 11.4. The molecule has 2 rings (SSSR count). The van der Waals surface area contributed by atoms with Gasteiger partial charge in [-0.15, -0.1) is 0 Å². The van der Waals surface area contributed by atoms with Crippen LogP contribution in [0.15, 0.2) is 47.6 Å². The monoisotopic (exact) mass is 411 g/mol. The fourth-order valence-electron chi connectivity index (χ4n) is 2.38. The lowest BCUT2D eigenvalue weighted by molar-refractivity contribution is -0.145. The summed E-state index contributed by atoms with van der Waals surface area (Å²) in [6, 6.07) is 12.3. The predicted molar refractivity (Wildman–Crippen MR) is 113 cm³/mol. The van der Waals surface area contributed by atoms with Crippen molar-refractivity contribution in [2.45, 2.75) is 27.2 Å². The Labute approximate surface area is 175 Å². The molecule has 0 aromatic heterocycles. The summed E-state index contributed by atoms with van der Waals surface area (Å²) >= 11 is 0. The number of hydrogen-bond acceptors (Lipinski definition) is 6. The van der Waals surface area contributed by atoms with Crippen molar-refractivity contribution in [2.24, 2.45) is 5.10 Å². The molecular formula is C22H25N3O5. The molecule has 2 N–H and O–H groups in total. The number of amides is 2. The number of carbonyl (C=O) groups is 3. The third kappa shape index (κ3) is 7.75. The molecule has 0 fully saturated rings. The zero-order valence-electron chi connectivity index (χ0n) is 17.2. The molecule has 0 heterocycles. The average Bonchev–Trinajstić information content (AvgIpc) is 2.70. The van der Waals surface area contributed by atoms with Crippen LogP contribution in [-0.2, 0) is 19.1 Å². The molecule has 0 bridgehead atoms. The van der Waals surface area contributed by atoms with Crippen LogP contribution in [0.2, 0.25) is 0 Å². The van der Waals surface area contributed by atoms with E-state index in [2.05, 4.69) is 15.8 Å². The van der Waals surface area contributed by atoms with Crippen LogP contribution < -0.4 is 15.5 Å². The van der Waals surface area contributed by atoms with Crippen molar-refractivity contribution >= 4 is 29.7 Å². The van der Waals surface area contributed by atoms with Crippen molar-refractivity contribution in [2.75, 3.05) is 18.5 Å². The van der Waals surface area contributed by atoms with Crippen LogP contribution in [0.3, 0.4) is 0 Å². The lowest BCUT2D eigenvalue weighted by Crippen LogP contribution is -2.24. The molecule has 0 aliphatic rings. The number of hydrogen-bond donors (Lipinski definition) is 2. The lowest BCUT2D eigenvalue weighted by Gasteiger charge is -2.07. The van der Waals surface area contributed by atoms with E-state index in [1.807, 2.05) is 26.0 Å². The first-order valence-corrected chi connectivity index (χ1v) is 9.45. The summed E-state index contributed by atoms with van der Waals surface area (Å²) in [5.74, 6) is -0.879. The van der Waals surface area contributed by atoms with Crippen molar-refractivity contribution in [3.8, 4) is 5.75 Å². The van der Waals surface area contributed by atoms with E-state index >= 15 is 0 Å². The standard InChI is InChI=1S/C22H25N3O5/c1-4-29-22(28)14-30-19-9-6-17(7-10-19)13-23-25-21(27)12-20(26)24-18-8-5-15(2)16(3)11-18/h5-11,13H,4,12,14H2,1-3H3,(H,24,26)(H,25,27). The van der Waals surface area contributed by atoms with Crippen LogP contribution in [0.25, 0.3) is 0 Å². The summed E-state index contributed by atoms with van der Waals surface area (Å²) in [6.07, 6.45) is 1.10. The first kappa shape index (κ1) is 22.6. The number of benzene rings is 2. The normalized spacial score (nSPS) is 10.5. The number of ether oxygens (including phenoxy) is 2. The van der Waals surface area contributed by atoms with E-state index in [-0.39, 0.29) is 13.0 Å². The molecule has 0 saturated heterocycles. The molecule has 0 aliphatic heterocycles. The van der Waals surface area contributed by atoms with Gasteiger partial charge in [0.2, 0.25) is 11.8 Å². The van der Waals surface area contributed by atoms with Gasteiger partial charge in [-0.25, -0.2) is 10.2 Å². The highest BCUT2D eigenvalue weighted by molar-refractivity contribution is 6.03. The Morgan fingerprint density at radius 3 is 2.40 bits per heavy atom. The van der Waals surface area contributed by atoms with Gasteiger partial charge in [0.15, 0.2) is 6.61 Å². The number of aryl methyl sites for hydroxylation is 2. The first-order valence-electron chi connectivity index (χ1n) is 9.45. The molecule has 0 atom stereocenters. The van der Waals surface area contributed by atoms with E-state index in [9.17, 15) is 14.4 Å². The smallest absolute Gasteiger partial charge is 0.344 e. The van der Waals surface area contributed by atoms with E-state index in [1.165, 1.54) is 6.21 Å². The number of carbonyl (C=O) groups excluding carboxylic acids is 3. The molecule has 8 heteroatoms. The fraction of sp³-hybridized carbons (Fsp3) is 0.273. The average molecular weight is 411 g/mol. The summed E-state index contributed by atoms with van der Waals surface area (Å²) in [4.78, 5) is 35.1. The number of anilines is 1. The Morgan fingerprint density at radius 2 is 1.73 bits per heavy atom. The summed E-state index contributed by atoms with van der Waals surface area (Å²) in [5, 5.41) is 6.52. The van der Waals surface area contributed by atoms with Crippen molar-refractivity contribution in [1.29, 1.82) is 0 Å². The minimum Gasteiger partial charge on any atom is -0.482 e. The lowest BCUT2D eigenvalue weighted by atomic mass is 10.1. The number of nitrogens with zero attached hydrogens (tertiary/aromatic N) is 1. The molecule has 0 saturated carbocycles. The molecule has 2 aromatic rings. The van der Waals surface area contributed by atoms with Crippen molar-refractivity contribution < 1.29 is 23.9 Å². The van der Waals surface area contributed by atoms with Gasteiger partial charge in [0.25, 0.3) is 0 Å². The largest absolute Gasteiger partial charge is 0.482 e. The second-order valence-electron chi connectivity index (χ2n) is 6.48. The Kier molecular flexibility index (Phi) is 8.56. The zero-order chi connectivity index (χ0) is 21.9. The third-order valence-corrected chi connectivity index (χ3v) is 4.06. The van der Waals surface area contributed by atoms with Gasteiger partial charge >= 0.3 is 5.97 Å². The Hall–Kier alpha value is -3.68. The maximum atomic E-state index is 12.0. The summed E-state index contributed by atoms with van der Waals surface area (Å²) in [6.45, 7) is 5.79. The molecular weight excluding hydrogens is 386 g/mol. The van der Waals surface area contributed by atoms with Gasteiger partial charge in [-0.1, -0.05) is 6.07 Å². The van der Waals surface area contributed by atoms with E-state index in [1.54, 1.807) is 37.3 Å². The zero-order valence-corrected chi connectivity index (χ0v) is 17.2. The molecule has 8 nitrogen and oxygen atoms in total.